The van der Waals surface area contributed by atoms with Crippen LogP contribution < -0.4 is 10.6 Å². The number of hydrogen-bond acceptors (Lipinski definition) is 2. The summed E-state index contributed by atoms with van der Waals surface area (Å²) >= 11 is 0. The molecule has 140 valence electrons. The number of benzene rings is 2. The minimum Gasteiger partial charge on any atom is -0.326 e. The van der Waals surface area contributed by atoms with Gasteiger partial charge in [-0.25, -0.2) is 13.6 Å². The molecule has 5 nitrogen and oxygen atoms in total. The summed E-state index contributed by atoms with van der Waals surface area (Å²) in [6.45, 7) is 1.07. The van der Waals surface area contributed by atoms with Gasteiger partial charge in [-0.05, 0) is 55.3 Å². The highest BCUT2D eigenvalue weighted by molar-refractivity contribution is 5.95. The first kappa shape index (κ1) is 17.5. The predicted molar refractivity (Wildman–Crippen MR) is 97.2 cm³/mol. The normalized spacial score (nSPS) is 23.3. The van der Waals surface area contributed by atoms with Crippen molar-refractivity contribution in [3.8, 4) is 0 Å². The molecule has 1 saturated heterocycles. The van der Waals surface area contributed by atoms with E-state index in [1.807, 2.05) is 0 Å². The van der Waals surface area contributed by atoms with Crippen LogP contribution >= 0.6 is 0 Å². The van der Waals surface area contributed by atoms with Gasteiger partial charge in [-0.1, -0.05) is 6.07 Å². The Morgan fingerprint density at radius 3 is 2.52 bits per heavy atom. The summed E-state index contributed by atoms with van der Waals surface area (Å²) in [5, 5.41) is 5.50. The first-order chi connectivity index (χ1) is 12.9. The number of carbonyl (C=O) groups is 2. The third-order valence-electron chi connectivity index (χ3n) is 5.37. The van der Waals surface area contributed by atoms with E-state index in [1.165, 1.54) is 36.4 Å². The molecular formula is C20H19F2N3O2. The summed E-state index contributed by atoms with van der Waals surface area (Å²) in [4.78, 5) is 26.5. The van der Waals surface area contributed by atoms with E-state index >= 15 is 0 Å². The quantitative estimate of drug-likeness (QED) is 0.861. The summed E-state index contributed by atoms with van der Waals surface area (Å²) in [7, 11) is 0. The monoisotopic (exact) mass is 371 g/mol. The van der Waals surface area contributed by atoms with Crippen molar-refractivity contribution < 1.29 is 18.4 Å². The summed E-state index contributed by atoms with van der Waals surface area (Å²) in [6.07, 6.45) is 1.47. The molecular weight excluding hydrogens is 352 g/mol. The Bertz CT molecular complexity index is 887. The first-order valence-electron chi connectivity index (χ1n) is 8.83. The highest BCUT2D eigenvalue weighted by Gasteiger charge is 2.61. The number of halogens is 2. The number of amides is 3. The summed E-state index contributed by atoms with van der Waals surface area (Å²) < 4.78 is 26.2. The van der Waals surface area contributed by atoms with Gasteiger partial charge in [0, 0.05) is 35.8 Å². The molecule has 27 heavy (non-hydrogen) atoms. The second-order valence-corrected chi connectivity index (χ2v) is 7.23. The fraction of sp³-hybridized carbons (Fsp3) is 0.300. The highest BCUT2D eigenvalue weighted by Crippen LogP contribution is 2.58. The zero-order chi connectivity index (χ0) is 19.0. The van der Waals surface area contributed by atoms with Crippen LogP contribution in [0.4, 0.5) is 25.0 Å². The molecule has 4 rings (SSSR count). The number of nitrogens with zero attached hydrogens (tertiary/aromatic N) is 1. The number of rotatable bonds is 3. The number of urea groups is 1. The van der Waals surface area contributed by atoms with Crippen molar-refractivity contribution in [2.45, 2.75) is 12.8 Å². The van der Waals surface area contributed by atoms with Crippen molar-refractivity contribution in [1.82, 2.24) is 4.90 Å². The molecule has 2 atom stereocenters. The van der Waals surface area contributed by atoms with Gasteiger partial charge < -0.3 is 15.5 Å². The molecule has 0 aromatic heterocycles. The van der Waals surface area contributed by atoms with Gasteiger partial charge in [-0.15, -0.1) is 0 Å². The average molecular weight is 371 g/mol. The third kappa shape index (κ3) is 3.63. The molecule has 2 fully saturated rings. The first-order valence-corrected chi connectivity index (χ1v) is 8.83. The predicted octanol–water partition coefficient (Wildman–Crippen LogP) is 3.85. The summed E-state index contributed by atoms with van der Waals surface area (Å²) in [5.41, 5.74) is 0.766. The van der Waals surface area contributed by atoms with Gasteiger partial charge in [-0.2, -0.15) is 0 Å². The minimum atomic E-state index is -0.400. The Morgan fingerprint density at radius 1 is 1.00 bits per heavy atom. The number of hydrogen-bond donors (Lipinski definition) is 2. The summed E-state index contributed by atoms with van der Waals surface area (Å²) in [6, 6.07) is 11.1. The second kappa shape index (κ2) is 6.64. The van der Waals surface area contributed by atoms with Gasteiger partial charge in [0.2, 0.25) is 5.91 Å². The van der Waals surface area contributed by atoms with E-state index in [0.29, 0.717) is 30.9 Å². The Hall–Kier alpha value is -2.96. The van der Waals surface area contributed by atoms with E-state index in [9.17, 15) is 18.4 Å². The minimum absolute atomic E-state index is 0.138. The molecule has 2 unspecified atom stereocenters. The van der Waals surface area contributed by atoms with Gasteiger partial charge in [0.15, 0.2) is 0 Å². The van der Waals surface area contributed by atoms with Crippen molar-refractivity contribution in [2.75, 3.05) is 23.7 Å². The molecule has 1 spiro atoms. The van der Waals surface area contributed by atoms with Crippen molar-refractivity contribution in [1.29, 1.82) is 0 Å². The standard InChI is InChI=1S/C20H19F2N3O2/c21-13-4-6-15(7-5-13)24-19(27)25-9-8-20(12-25)11-17(20)18(26)23-16-3-1-2-14(22)10-16/h1-7,10,17H,8-9,11-12H2,(H,23,26)(H,24,27). The van der Waals surface area contributed by atoms with Crippen molar-refractivity contribution in [2.24, 2.45) is 11.3 Å². The lowest BCUT2D eigenvalue weighted by Gasteiger charge is -2.17. The molecule has 0 radical (unpaired) electrons. The fourth-order valence-electron chi connectivity index (χ4n) is 3.77. The topological polar surface area (TPSA) is 61.4 Å². The Labute approximate surface area is 155 Å². The molecule has 2 aromatic carbocycles. The molecule has 1 aliphatic carbocycles. The van der Waals surface area contributed by atoms with Crippen LogP contribution in [0, 0.1) is 23.0 Å². The van der Waals surface area contributed by atoms with Gasteiger partial charge >= 0.3 is 6.03 Å². The number of likely N-dealkylation sites (tertiary alicyclic amines) is 1. The van der Waals surface area contributed by atoms with Gasteiger partial charge in [0.25, 0.3) is 0 Å². The van der Waals surface area contributed by atoms with E-state index in [1.54, 1.807) is 17.0 Å². The van der Waals surface area contributed by atoms with Gasteiger partial charge in [0.1, 0.15) is 11.6 Å². The van der Waals surface area contributed by atoms with Crippen molar-refractivity contribution in [3.05, 3.63) is 60.2 Å². The molecule has 3 amide bonds. The maximum atomic E-state index is 13.2. The third-order valence-corrected chi connectivity index (χ3v) is 5.37. The molecule has 1 aliphatic heterocycles. The molecule has 1 heterocycles. The van der Waals surface area contributed by atoms with Crippen molar-refractivity contribution >= 4 is 23.3 Å². The lowest BCUT2D eigenvalue weighted by Crippen LogP contribution is -2.33. The fourth-order valence-corrected chi connectivity index (χ4v) is 3.77. The van der Waals surface area contributed by atoms with Crippen LogP contribution in [-0.4, -0.2) is 29.9 Å². The maximum absolute atomic E-state index is 13.2. The Kier molecular flexibility index (Phi) is 4.30. The lowest BCUT2D eigenvalue weighted by atomic mass is 10.0. The zero-order valence-corrected chi connectivity index (χ0v) is 14.5. The maximum Gasteiger partial charge on any atom is 0.321 e. The van der Waals surface area contributed by atoms with Crippen LogP contribution in [0.15, 0.2) is 48.5 Å². The van der Waals surface area contributed by atoms with E-state index < -0.39 is 5.82 Å². The van der Waals surface area contributed by atoms with Crippen LogP contribution in [0.5, 0.6) is 0 Å². The molecule has 2 aromatic rings. The number of carbonyl (C=O) groups excluding carboxylic acids is 2. The summed E-state index contributed by atoms with van der Waals surface area (Å²) in [5.74, 6) is -1.08. The van der Waals surface area contributed by atoms with Crippen LogP contribution in [0.1, 0.15) is 12.8 Å². The molecule has 0 bridgehead atoms. The van der Waals surface area contributed by atoms with Crippen LogP contribution in [0.3, 0.4) is 0 Å². The Morgan fingerprint density at radius 2 is 1.78 bits per heavy atom. The van der Waals surface area contributed by atoms with Crippen molar-refractivity contribution in [3.63, 3.8) is 0 Å². The largest absolute Gasteiger partial charge is 0.326 e. The van der Waals surface area contributed by atoms with Crippen LogP contribution in [-0.2, 0) is 4.79 Å². The lowest BCUT2D eigenvalue weighted by molar-refractivity contribution is -0.118. The smallest absolute Gasteiger partial charge is 0.321 e. The van der Waals surface area contributed by atoms with Crippen LogP contribution in [0.25, 0.3) is 0 Å². The van der Waals surface area contributed by atoms with Gasteiger partial charge in [0.05, 0.1) is 0 Å². The SMILES string of the molecule is O=C(Nc1cccc(F)c1)C1CC12CCN(C(=O)Nc1ccc(F)cc1)C2. The highest BCUT2D eigenvalue weighted by atomic mass is 19.1. The molecule has 2 aliphatic rings. The molecule has 2 N–H and O–H groups in total. The second-order valence-electron chi connectivity index (χ2n) is 7.23. The van der Waals surface area contributed by atoms with E-state index in [4.69, 9.17) is 0 Å². The van der Waals surface area contributed by atoms with Crippen LogP contribution in [0.2, 0.25) is 0 Å². The molecule has 1 saturated carbocycles. The molecule has 7 heteroatoms. The Balaban J connectivity index is 1.33. The van der Waals surface area contributed by atoms with Gasteiger partial charge in [-0.3, -0.25) is 4.79 Å². The average Bonchev–Trinajstić information content (AvgIpc) is 3.17. The van der Waals surface area contributed by atoms with E-state index in [0.717, 1.165) is 6.42 Å². The number of nitrogens with one attached hydrogen (secondary N) is 2. The zero-order valence-electron chi connectivity index (χ0n) is 14.5. The van der Waals surface area contributed by atoms with E-state index in [2.05, 4.69) is 10.6 Å². The van der Waals surface area contributed by atoms with E-state index in [-0.39, 0.29) is 29.1 Å². The number of anilines is 2.